The minimum absolute atomic E-state index is 0.0365. The molecule has 0 aromatic heterocycles. The fraction of sp³-hybridized carbons (Fsp3) is 1.00. The Morgan fingerprint density at radius 3 is 2.42 bits per heavy atom. The molecule has 0 bridgehead atoms. The average molecular weight is 268 g/mol. The highest BCUT2D eigenvalue weighted by Gasteiger charge is 2.47. The van der Waals surface area contributed by atoms with Crippen LogP contribution in [-0.2, 0) is 4.74 Å². The van der Waals surface area contributed by atoms with Crippen LogP contribution >= 0.6 is 0 Å². The molecule has 0 amide bonds. The third-order valence-corrected chi connectivity index (χ3v) is 4.91. The van der Waals surface area contributed by atoms with Crippen LogP contribution in [0, 0.1) is 11.3 Å². The van der Waals surface area contributed by atoms with Crippen molar-refractivity contribution in [2.45, 2.75) is 65.0 Å². The maximum absolute atomic E-state index is 6.26. The first-order valence-electron chi connectivity index (χ1n) is 7.77. The minimum atomic E-state index is -0.0365. The van der Waals surface area contributed by atoms with Crippen molar-refractivity contribution in [1.82, 2.24) is 4.90 Å². The van der Waals surface area contributed by atoms with Crippen molar-refractivity contribution >= 4 is 0 Å². The third-order valence-electron chi connectivity index (χ3n) is 4.91. The molecule has 2 aliphatic rings. The van der Waals surface area contributed by atoms with Crippen molar-refractivity contribution in [2.24, 2.45) is 17.1 Å². The predicted octanol–water partition coefficient (Wildman–Crippen LogP) is 2.64. The van der Waals surface area contributed by atoms with E-state index in [-0.39, 0.29) is 11.1 Å². The van der Waals surface area contributed by atoms with E-state index in [2.05, 4.69) is 39.5 Å². The first-order valence-corrected chi connectivity index (χ1v) is 7.77. The second-order valence-electron chi connectivity index (χ2n) is 8.31. The van der Waals surface area contributed by atoms with E-state index < -0.39 is 0 Å². The van der Waals surface area contributed by atoms with Gasteiger partial charge in [-0.15, -0.1) is 0 Å². The number of rotatable bonds is 2. The summed E-state index contributed by atoms with van der Waals surface area (Å²) >= 11 is 0. The van der Waals surface area contributed by atoms with Gasteiger partial charge in [0.2, 0.25) is 0 Å². The number of hydrogen-bond acceptors (Lipinski definition) is 3. The molecule has 0 spiro atoms. The van der Waals surface area contributed by atoms with E-state index in [0.29, 0.717) is 5.41 Å². The smallest absolute Gasteiger partial charge is 0.0753 e. The van der Waals surface area contributed by atoms with Crippen molar-refractivity contribution in [3.8, 4) is 0 Å². The summed E-state index contributed by atoms with van der Waals surface area (Å²) < 4.78 is 5.87. The largest absolute Gasteiger partial charge is 0.373 e. The van der Waals surface area contributed by atoms with E-state index in [0.717, 1.165) is 32.2 Å². The third kappa shape index (κ3) is 3.32. The summed E-state index contributed by atoms with van der Waals surface area (Å²) in [5, 5.41) is 0. The summed E-state index contributed by atoms with van der Waals surface area (Å²) in [6.45, 7) is 15.2. The molecule has 2 fully saturated rings. The van der Waals surface area contributed by atoms with Crippen LogP contribution in [0.25, 0.3) is 0 Å². The van der Waals surface area contributed by atoms with Crippen molar-refractivity contribution in [3.63, 3.8) is 0 Å². The second-order valence-corrected chi connectivity index (χ2v) is 8.31. The molecule has 1 aliphatic heterocycles. The van der Waals surface area contributed by atoms with Gasteiger partial charge in [-0.1, -0.05) is 20.8 Å². The van der Waals surface area contributed by atoms with Crippen LogP contribution in [0.3, 0.4) is 0 Å². The molecule has 2 N–H and O–H groups in total. The van der Waals surface area contributed by atoms with Crippen LogP contribution in [-0.4, -0.2) is 42.3 Å². The lowest BCUT2D eigenvalue weighted by atomic mass is 9.63. The number of hydrogen-bond donors (Lipinski definition) is 1. The molecule has 3 nitrogen and oxygen atoms in total. The lowest BCUT2D eigenvalue weighted by Gasteiger charge is -2.56. The highest BCUT2D eigenvalue weighted by molar-refractivity contribution is 5.03. The van der Waals surface area contributed by atoms with Crippen LogP contribution in [0.15, 0.2) is 0 Å². The van der Waals surface area contributed by atoms with Crippen LogP contribution in [0.4, 0.5) is 0 Å². The fourth-order valence-electron chi connectivity index (χ4n) is 4.65. The van der Waals surface area contributed by atoms with Crippen LogP contribution in [0.5, 0.6) is 0 Å². The molecule has 19 heavy (non-hydrogen) atoms. The Kier molecular flexibility index (Phi) is 4.03. The standard InChI is InChI=1S/C16H32N2O/c1-13-8-14(2,3)10-16(9-13,11-17)18-6-7-19-15(4,5)12-18/h13H,6-12,17H2,1-5H3. The number of nitrogens with two attached hydrogens (primary N) is 1. The first kappa shape index (κ1) is 15.3. The Morgan fingerprint density at radius 1 is 1.21 bits per heavy atom. The van der Waals surface area contributed by atoms with E-state index in [1.54, 1.807) is 0 Å². The number of ether oxygens (including phenoxy) is 1. The normalized spacial score (nSPS) is 39.2. The van der Waals surface area contributed by atoms with Crippen molar-refractivity contribution < 1.29 is 4.74 Å². The summed E-state index contributed by atoms with van der Waals surface area (Å²) in [6.07, 6.45) is 3.78. The van der Waals surface area contributed by atoms with E-state index in [4.69, 9.17) is 10.5 Å². The van der Waals surface area contributed by atoms with E-state index in [9.17, 15) is 0 Å². The average Bonchev–Trinajstić information content (AvgIpc) is 2.24. The van der Waals surface area contributed by atoms with Gasteiger partial charge in [-0.2, -0.15) is 0 Å². The van der Waals surface area contributed by atoms with Crippen molar-refractivity contribution in [3.05, 3.63) is 0 Å². The SMILES string of the molecule is CC1CC(C)(C)CC(CN)(N2CCOC(C)(C)C2)C1. The van der Waals surface area contributed by atoms with Gasteiger partial charge in [-0.25, -0.2) is 0 Å². The molecule has 112 valence electrons. The highest BCUT2D eigenvalue weighted by Crippen LogP contribution is 2.46. The summed E-state index contributed by atoms with van der Waals surface area (Å²) in [5.74, 6) is 0.762. The highest BCUT2D eigenvalue weighted by atomic mass is 16.5. The van der Waals surface area contributed by atoms with Gasteiger partial charge >= 0.3 is 0 Å². The minimum Gasteiger partial charge on any atom is -0.373 e. The van der Waals surface area contributed by atoms with Crippen molar-refractivity contribution in [2.75, 3.05) is 26.2 Å². The van der Waals surface area contributed by atoms with Gasteiger partial charge in [0.1, 0.15) is 0 Å². The zero-order valence-electron chi connectivity index (χ0n) is 13.5. The summed E-state index contributed by atoms with van der Waals surface area (Å²) in [7, 11) is 0. The number of morpholine rings is 1. The van der Waals surface area contributed by atoms with Gasteiger partial charge in [0.05, 0.1) is 12.2 Å². The molecule has 0 aromatic carbocycles. The molecule has 1 aliphatic carbocycles. The van der Waals surface area contributed by atoms with E-state index in [1.165, 1.54) is 19.3 Å². The van der Waals surface area contributed by atoms with Gasteiger partial charge in [-0.05, 0) is 44.4 Å². The molecule has 1 heterocycles. The molecule has 1 saturated carbocycles. The lowest BCUT2D eigenvalue weighted by molar-refractivity contribution is -0.133. The fourth-order valence-corrected chi connectivity index (χ4v) is 4.65. The first-order chi connectivity index (χ1) is 8.68. The van der Waals surface area contributed by atoms with Crippen LogP contribution in [0.2, 0.25) is 0 Å². The zero-order chi connectivity index (χ0) is 14.3. The monoisotopic (exact) mass is 268 g/mol. The molecule has 1 saturated heterocycles. The molecular weight excluding hydrogens is 236 g/mol. The molecule has 0 aromatic rings. The predicted molar refractivity (Wildman–Crippen MR) is 80.2 cm³/mol. The molecular formula is C16H32N2O. The molecule has 2 unspecified atom stereocenters. The van der Waals surface area contributed by atoms with Gasteiger partial charge in [-0.3, -0.25) is 4.90 Å². The van der Waals surface area contributed by atoms with Gasteiger partial charge in [0, 0.05) is 25.2 Å². The second kappa shape index (κ2) is 5.01. The van der Waals surface area contributed by atoms with Gasteiger partial charge < -0.3 is 10.5 Å². The Labute approximate surface area is 118 Å². The van der Waals surface area contributed by atoms with Crippen LogP contribution < -0.4 is 5.73 Å². The Balaban J connectivity index is 2.21. The van der Waals surface area contributed by atoms with E-state index >= 15 is 0 Å². The maximum atomic E-state index is 6.26. The summed E-state index contributed by atoms with van der Waals surface area (Å²) in [6, 6.07) is 0. The molecule has 2 rings (SSSR count). The summed E-state index contributed by atoms with van der Waals surface area (Å²) in [5.41, 5.74) is 6.81. The maximum Gasteiger partial charge on any atom is 0.0753 e. The zero-order valence-corrected chi connectivity index (χ0v) is 13.5. The van der Waals surface area contributed by atoms with Gasteiger partial charge in [0.25, 0.3) is 0 Å². The van der Waals surface area contributed by atoms with Crippen molar-refractivity contribution in [1.29, 1.82) is 0 Å². The van der Waals surface area contributed by atoms with Gasteiger partial charge in [0.15, 0.2) is 0 Å². The van der Waals surface area contributed by atoms with Crippen LogP contribution in [0.1, 0.15) is 53.9 Å². The molecule has 2 atom stereocenters. The quantitative estimate of drug-likeness (QED) is 0.837. The summed E-state index contributed by atoms with van der Waals surface area (Å²) in [4.78, 5) is 2.63. The topological polar surface area (TPSA) is 38.5 Å². The molecule has 3 heteroatoms. The Hall–Kier alpha value is -0.120. The molecule has 0 radical (unpaired) electrons. The Morgan fingerprint density at radius 2 is 1.89 bits per heavy atom. The van der Waals surface area contributed by atoms with E-state index in [1.807, 2.05) is 0 Å². The number of nitrogens with zero attached hydrogens (tertiary/aromatic N) is 1. The Bertz CT molecular complexity index is 327. The lowest BCUT2D eigenvalue weighted by Crippen LogP contribution is -2.64.